The number of carboxylic acid groups (broad SMARTS) is 1. The van der Waals surface area contributed by atoms with E-state index in [1.54, 1.807) is 13.0 Å². The van der Waals surface area contributed by atoms with Crippen LogP contribution in [0.5, 0.6) is 5.75 Å². The molecule has 0 aliphatic carbocycles. The van der Waals surface area contributed by atoms with E-state index < -0.39 is 5.97 Å². The van der Waals surface area contributed by atoms with Gasteiger partial charge >= 0.3 is 0 Å². The third kappa shape index (κ3) is 10.1. The second-order valence-corrected chi connectivity index (χ2v) is 3.13. The number of ether oxygens (including phenoxy) is 1. The maximum Gasteiger partial charge on any atom is 0.300 e. The number of carbonyl (C=O) groups is 1. The monoisotopic (exact) mass is 236 g/mol. The minimum absolute atomic E-state index is 0.746. The summed E-state index contributed by atoms with van der Waals surface area (Å²) in [7, 11) is 0. The minimum atomic E-state index is -0.833. The molecule has 0 heterocycles. The van der Waals surface area contributed by atoms with Gasteiger partial charge in [-0.25, -0.2) is 0 Å². The Kier molecular flexibility index (Phi) is 7.84. The Bertz CT molecular complexity index is 376. The molecular formula is C13H16O4. The Labute approximate surface area is 100 Å². The molecule has 0 bridgehead atoms. The Morgan fingerprint density at radius 3 is 2.24 bits per heavy atom. The first-order chi connectivity index (χ1) is 8.06. The summed E-state index contributed by atoms with van der Waals surface area (Å²) >= 11 is 0. The fourth-order valence-electron chi connectivity index (χ4n) is 0.762. The van der Waals surface area contributed by atoms with Crippen molar-refractivity contribution >= 4 is 5.97 Å². The molecule has 0 saturated carbocycles. The van der Waals surface area contributed by atoms with Crippen LogP contribution in [0.1, 0.15) is 13.8 Å². The molecule has 1 rings (SSSR count). The van der Waals surface area contributed by atoms with E-state index in [0.717, 1.165) is 24.5 Å². The smallest absolute Gasteiger partial charge is 0.300 e. The molecule has 1 aromatic rings. The van der Waals surface area contributed by atoms with Crippen LogP contribution in [0.4, 0.5) is 0 Å². The molecular weight excluding hydrogens is 220 g/mol. The molecule has 1 aromatic carbocycles. The van der Waals surface area contributed by atoms with Crippen LogP contribution >= 0.6 is 0 Å². The molecule has 0 saturated heterocycles. The molecule has 0 aromatic heterocycles. The maximum atomic E-state index is 9.00. The lowest BCUT2D eigenvalue weighted by molar-refractivity contribution is -0.134. The molecule has 2 N–H and O–H groups in total. The Morgan fingerprint density at radius 2 is 1.76 bits per heavy atom. The van der Waals surface area contributed by atoms with Gasteiger partial charge < -0.3 is 14.9 Å². The van der Waals surface area contributed by atoms with E-state index >= 15 is 0 Å². The van der Waals surface area contributed by atoms with E-state index in [1.165, 1.54) is 6.26 Å². The zero-order valence-corrected chi connectivity index (χ0v) is 9.83. The molecule has 4 heteroatoms. The lowest BCUT2D eigenvalue weighted by Crippen LogP contribution is -1.80. The average molecular weight is 236 g/mol. The molecule has 0 aliphatic heterocycles. The van der Waals surface area contributed by atoms with Crippen LogP contribution in [0.25, 0.3) is 0 Å². The van der Waals surface area contributed by atoms with Crippen molar-refractivity contribution in [2.75, 3.05) is 0 Å². The van der Waals surface area contributed by atoms with Crippen molar-refractivity contribution < 1.29 is 19.7 Å². The summed E-state index contributed by atoms with van der Waals surface area (Å²) in [5, 5.41) is 16.0. The summed E-state index contributed by atoms with van der Waals surface area (Å²) in [4.78, 5) is 9.00. The van der Waals surface area contributed by atoms with Crippen molar-refractivity contribution in [3.05, 3.63) is 54.5 Å². The summed E-state index contributed by atoms with van der Waals surface area (Å²) in [5.74, 6) is -0.0514. The number of hydrogen-bond donors (Lipinski definition) is 2. The van der Waals surface area contributed by atoms with Gasteiger partial charge in [0.15, 0.2) is 0 Å². The molecule has 0 unspecified atom stereocenters. The fraction of sp³-hybridized carbons (Fsp3) is 0.154. The quantitative estimate of drug-likeness (QED) is 0.625. The van der Waals surface area contributed by atoms with Gasteiger partial charge in [-0.05, 0) is 30.7 Å². The molecule has 0 spiro atoms. The number of aliphatic hydroxyl groups excluding tert-OH is 1. The van der Waals surface area contributed by atoms with Crippen LogP contribution in [0.2, 0.25) is 0 Å². The summed E-state index contributed by atoms with van der Waals surface area (Å²) < 4.78 is 5.25. The Morgan fingerprint density at radius 1 is 1.24 bits per heavy atom. The Balaban J connectivity index is 0.000000557. The van der Waals surface area contributed by atoms with E-state index in [-0.39, 0.29) is 0 Å². The standard InChI is InChI=1S/C11H12O2.C2H4O2/c1-10(9-12)7-8-13-11-5-3-2-4-6-11;1-2(3)4/h2-9,12H,1H3;1H3,(H,3,4). The summed E-state index contributed by atoms with van der Waals surface area (Å²) in [6, 6.07) is 9.45. The van der Waals surface area contributed by atoms with E-state index in [4.69, 9.17) is 19.7 Å². The van der Waals surface area contributed by atoms with Crippen molar-refractivity contribution in [2.45, 2.75) is 13.8 Å². The van der Waals surface area contributed by atoms with Crippen molar-refractivity contribution in [3.8, 4) is 5.75 Å². The topological polar surface area (TPSA) is 66.8 Å². The molecule has 0 amide bonds. The van der Waals surface area contributed by atoms with Gasteiger partial charge in [-0.3, -0.25) is 4.79 Å². The van der Waals surface area contributed by atoms with Crippen molar-refractivity contribution in [2.24, 2.45) is 0 Å². The van der Waals surface area contributed by atoms with E-state index in [9.17, 15) is 0 Å². The normalized spacial score (nSPS) is 10.6. The third-order valence-electron chi connectivity index (χ3n) is 1.48. The van der Waals surface area contributed by atoms with E-state index in [0.29, 0.717) is 0 Å². The van der Waals surface area contributed by atoms with Gasteiger partial charge in [0.2, 0.25) is 0 Å². The van der Waals surface area contributed by atoms with Gasteiger partial charge in [0.05, 0.1) is 12.5 Å². The third-order valence-corrected chi connectivity index (χ3v) is 1.48. The predicted octanol–water partition coefficient (Wildman–Crippen LogP) is 3.13. The van der Waals surface area contributed by atoms with Gasteiger partial charge in [0.1, 0.15) is 5.75 Å². The average Bonchev–Trinajstić information content (AvgIpc) is 2.29. The highest BCUT2D eigenvalue weighted by Crippen LogP contribution is 2.08. The van der Waals surface area contributed by atoms with Crippen molar-refractivity contribution in [1.29, 1.82) is 0 Å². The largest absolute Gasteiger partial charge is 0.515 e. The molecule has 4 nitrogen and oxygen atoms in total. The predicted molar refractivity (Wildman–Crippen MR) is 65.9 cm³/mol. The number of hydrogen-bond acceptors (Lipinski definition) is 3. The summed E-state index contributed by atoms with van der Waals surface area (Å²) in [6.45, 7) is 2.87. The zero-order valence-electron chi connectivity index (χ0n) is 9.83. The van der Waals surface area contributed by atoms with Crippen LogP contribution in [-0.2, 0) is 4.79 Å². The van der Waals surface area contributed by atoms with Gasteiger partial charge in [-0.15, -0.1) is 0 Å². The minimum Gasteiger partial charge on any atom is -0.515 e. The second-order valence-electron chi connectivity index (χ2n) is 3.13. The van der Waals surface area contributed by atoms with Crippen LogP contribution in [0.15, 0.2) is 54.5 Å². The van der Waals surface area contributed by atoms with Crippen molar-refractivity contribution in [3.63, 3.8) is 0 Å². The second kappa shape index (κ2) is 9.03. The molecule has 17 heavy (non-hydrogen) atoms. The van der Waals surface area contributed by atoms with Gasteiger partial charge in [-0.2, -0.15) is 0 Å². The number of allylic oxidation sites excluding steroid dienone is 2. The molecule has 0 atom stereocenters. The van der Waals surface area contributed by atoms with Crippen LogP contribution < -0.4 is 4.74 Å². The lowest BCUT2D eigenvalue weighted by Gasteiger charge is -1.97. The lowest BCUT2D eigenvalue weighted by atomic mass is 10.3. The van der Waals surface area contributed by atoms with Crippen LogP contribution in [0, 0.1) is 0 Å². The maximum absolute atomic E-state index is 9.00. The summed E-state index contributed by atoms with van der Waals surface area (Å²) in [6.07, 6.45) is 4.26. The number of rotatable bonds is 3. The van der Waals surface area contributed by atoms with Crippen LogP contribution in [0.3, 0.4) is 0 Å². The number of carboxylic acids is 1. The molecule has 0 radical (unpaired) electrons. The van der Waals surface area contributed by atoms with Gasteiger partial charge in [-0.1, -0.05) is 18.2 Å². The first-order valence-corrected chi connectivity index (χ1v) is 4.95. The highest BCUT2D eigenvalue weighted by molar-refractivity contribution is 5.62. The van der Waals surface area contributed by atoms with E-state index in [2.05, 4.69) is 0 Å². The molecule has 92 valence electrons. The van der Waals surface area contributed by atoms with Gasteiger partial charge in [0, 0.05) is 6.92 Å². The summed E-state index contributed by atoms with van der Waals surface area (Å²) in [5.41, 5.74) is 0.746. The number of para-hydroxylation sites is 1. The van der Waals surface area contributed by atoms with E-state index in [1.807, 2.05) is 30.3 Å². The SMILES string of the molecule is CC(=O)O.CC(C=COc1ccccc1)=CO. The number of aliphatic carboxylic acids is 1. The number of aliphatic hydroxyl groups is 1. The number of benzene rings is 1. The molecule has 0 fully saturated rings. The van der Waals surface area contributed by atoms with Crippen molar-refractivity contribution in [1.82, 2.24) is 0 Å². The first kappa shape index (κ1) is 14.8. The fourth-order valence-corrected chi connectivity index (χ4v) is 0.762. The zero-order chi connectivity index (χ0) is 13.1. The first-order valence-electron chi connectivity index (χ1n) is 4.95. The Hall–Kier alpha value is -2.23. The highest BCUT2D eigenvalue weighted by Gasteiger charge is 1.85. The van der Waals surface area contributed by atoms with Gasteiger partial charge in [0.25, 0.3) is 5.97 Å². The van der Waals surface area contributed by atoms with Crippen LogP contribution in [-0.4, -0.2) is 16.2 Å². The highest BCUT2D eigenvalue weighted by atomic mass is 16.5. The molecule has 0 aliphatic rings.